The highest BCUT2D eigenvalue weighted by atomic mass is 35.5. The Balaban J connectivity index is 1.58. The number of pyridine rings is 1. The number of carbonyl (C=O) groups is 2. The molecular weight excluding hydrogens is 414 g/mol. The predicted octanol–water partition coefficient (Wildman–Crippen LogP) is 4.45. The smallest absolute Gasteiger partial charge is 0.339 e. The van der Waals surface area contributed by atoms with Crippen LogP contribution in [-0.4, -0.2) is 41.0 Å². The maximum absolute atomic E-state index is 13.1. The Bertz CT molecular complexity index is 1150. The second-order valence-electron chi connectivity index (χ2n) is 7.88. The number of esters is 1. The van der Waals surface area contributed by atoms with Gasteiger partial charge in [0.15, 0.2) is 6.61 Å². The van der Waals surface area contributed by atoms with E-state index in [1.165, 1.54) is 0 Å². The molecule has 0 bridgehead atoms. The molecule has 0 saturated heterocycles. The van der Waals surface area contributed by atoms with Crippen LogP contribution in [-0.2, 0) is 22.5 Å². The van der Waals surface area contributed by atoms with Gasteiger partial charge in [0.05, 0.1) is 11.1 Å². The number of benzene rings is 2. The van der Waals surface area contributed by atoms with Gasteiger partial charge in [0.1, 0.15) is 0 Å². The van der Waals surface area contributed by atoms with Gasteiger partial charge in [0, 0.05) is 52.9 Å². The van der Waals surface area contributed by atoms with Crippen LogP contribution < -0.4 is 5.32 Å². The van der Waals surface area contributed by atoms with Crippen molar-refractivity contribution in [3.63, 3.8) is 0 Å². The largest absolute Gasteiger partial charge is 0.452 e. The summed E-state index contributed by atoms with van der Waals surface area (Å²) in [7, 11) is 0. The van der Waals surface area contributed by atoms with Crippen LogP contribution in [0.25, 0.3) is 10.9 Å². The third-order valence-corrected chi connectivity index (χ3v) is 5.69. The molecular formula is C24H24ClN3O3. The number of hydrogen-bond acceptors (Lipinski definition) is 5. The summed E-state index contributed by atoms with van der Waals surface area (Å²) in [5.74, 6) is -0.937. The van der Waals surface area contributed by atoms with Gasteiger partial charge in [-0.25, -0.2) is 4.79 Å². The highest BCUT2D eigenvalue weighted by molar-refractivity contribution is 6.30. The van der Waals surface area contributed by atoms with Crippen LogP contribution in [0.5, 0.6) is 0 Å². The van der Waals surface area contributed by atoms with Crippen molar-refractivity contribution in [2.24, 2.45) is 0 Å². The molecule has 0 atom stereocenters. The maximum atomic E-state index is 13.1. The van der Waals surface area contributed by atoms with E-state index in [9.17, 15) is 9.59 Å². The number of rotatable bonds is 5. The Morgan fingerprint density at radius 2 is 2.00 bits per heavy atom. The molecule has 6 nitrogen and oxygen atoms in total. The van der Waals surface area contributed by atoms with Crippen LogP contribution >= 0.6 is 11.6 Å². The minimum absolute atomic E-state index is 0.354. The molecule has 0 radical (unpaired) electrons. The van der Waals surface area contributed by atoms with Crippen molar-refractivity contribution in [3.05, 3.63) is 70.4 Å². The molecule has 1 aromatic heterocycles. The highest BCUT2D eigenvalue weighted by Gasteiger charge is 2.27. The first kappa shape index (κ1) is 21.3. The predicted molar refractivity (Wildman–Crippen MR) is 121 cm³/mol. The summed E-state index contributed by atoms with van der Waals surface area (Å²) in [6, 6.07) is 14.7. The number of fused-ring (bicyclic) bond motifs is 2. The zero-order valence-corrected chi connectivity index (χ0v) is 18.3. The van der Waals surface area contributed by atoms with Crippen LogP contribution in [0.1, 0.15) is 35.5 Å². The van der Waals surface area contributed by atoms with E-state index in [4.69, 9.17) is 21.3 Å². The van der Waals surface area contributed by atoms with Gasteiger partial charge < -0.3 is 10.1 Å². The Morgan fingerprint density at radius 3 is 2.77 bits per heavy atom. The zero-order chi connectivity index (χ0) is 22.0. The van der Waals surface area contributed by atoms with Gasteiger partial charge in [-0.1, -0.05) is 35.9 Å². The number of nitrogens with zero attached hydrogens (tertiary/aromatic N) is 2. The highest BCUT2D eigenvalue weighted by Crippen LogP contribution is 2.29. The van der Waals surface area contributed by atoms with Crippen molar-refractivity contribution in [3.8, 4) is 0 Å². The van der Waals surface area contributed by atoms with E-state index < -0.39 is 11.9 Å². The molecule has 0 spiro atoms. The van der Waals surface area contributed by atoms with E-state index in [0.717, 1.165) is 35.1 Å². The average Bonchev–Trinajstić information content (AvgIpc) is 2.75. The van der Waals surface area contributed by atoms with Crippen molar-refractivity contribution < 1.29 is 14.3 Å². The number of hydrogen-bond donors (Lipinski definition) is 1. The fourth-order valence-corrected chi connectivity index (χ4v) is 4.04. The Morgan fingerprint density at radius 1 is 1.19 bits per heavy atom. The van der Waals surface area contributed by atoms with E-state index in [1.807, 2.05) is 24.3 Å². The Kier molecular flexibility index (Phi) is 6.20. The number of amides is 1. The molecule has 1 N–H and O–H groups in total. The quantitative estimate of drug-likeness (QED) is 0.597. The summed E-state index contributed by atoms with van der Waals surface area (Å²) in [6.45, 7) is 5.41. The number of para-hydroxylation sites is 1. The molecule has 2 heterocycles. The molecule has 1 aliphatic rings. The van der Waals surface area contributed by atoms with Crippen LogP contribution in [0.4, 0.5) is 5.69 Å². The third kappa shape index (κ3) is 4.70. The number of anilines is 1. The number of halogens is 1. The molecule has 160 valence electrons. The van der Waals surface area contributed by atoms with Crippen LogP contribution in [0, 0.1) is 0 Å². The topological polar surface area (TPSA) is 71.5 Å². The van der Waals surface area contributed by atoms with E-state index in [0.29, 0.717) is 28.9 Å². The Hall–Kier alpha value is -2.96. The number of carbonyl (C=O) groups excluding carboxylic acids is 2. The summed E-state index contributed by atoms with van der Waals surface area (Å²) in [6.07, 6.45) is 0.772. The molecule has 1 amide bonds. The molecule has 1 aliphatic heterocycles. The van der Waals surface area contributed by atoms with Crippen LogP contribution in [0.3, 0.4) is 0 Å². The van der Waals surface area contributed by atoms with Gasteiger partial charge >= 0.3 is 5.97 Å². The van der Waals surface area contributed by atoms with Crippen molar-refractivity contribution in [1.82, 2.24) is 9.88 Å². The minimum atomic E-state index is -0.512. The van der Waals surface area contributed by atoms with Gasteiger partial charge in [-0.05, 0) is 38.1 Å². The number of nitrogens with one attached hydrogen (secondary N) is 1. The van der Waals surface area contributed by atoms with Crippen molar-refractivity contribution in [1.29, 1.82) is 0 Å². The molecule has 31 heavy (non-hydrogen) atoms. The lowest BCUT2D eigenvalue weighted by molar-refractivity contribution is -0.119. The fraction of sp³-hybridized carbons (Fsp3) is 0.292. The van der Waals surface area contributed by atoms with Crippen molar-refractivity contribution in [2.75, 3.05) is 18.5 Å². The standard InChI is InChI=1S/C24H24ClN3O3/c1-15(2)28-11-10-21-19(13-28)23(18-8-3-4-9-20(18)27-21)24(30)31-14-22(29)26-17-7-5-6-16(25)12-17/h3-9,12,15H,10-11,13-14H2,1-2H3,(H,26,29). The molecule has 0 unspecified atom stereocenters. The summed E-state index contributed by atoms with van der Waals surface area (Å²) in [5, 5.41) is 3.95. The van der Waals surface area contributed by atoms with E-state index in [1.54, 1.807) is 24.3 Å². The second kappa shape index (κ2) is 9.04. The van der Waals surface area contributed by atoms with Gasteiger partial charge in [-0.2, -0.15) is 0 Å². The number of ether oxygens (including phenoxy) is 1. The first-order valence-electron chi connectivity index (χ1n) is 10.3. The van der Waals surface area contributed by atoms with Crippen molar-refractivity contribution >= 4 is 40.1 Å². The first-order valence-corrected chi connectivity index (χ1v) is 10.7. The SMILES string of the molecule is CC(C)N1CCc2nc3ccccc3c(C(=O)OCC(=O)Nc3cccc(Cl)c3)c2C1. The summed E-state index contributed by atoms with van der Waals surface area (Å²) < 4.78 is 5.43. The maximum Gasteiger partial charge on any atom is 0.339 e. The van der Waals surface area contributed by atoms with Crippen LogP contribution in [0.2, 0.25) is 5.02 Å². The summed E-state index contributed by atoms with van der Waals surface area (Å²) in [5.41, 5.74) is 3.62. The first-order chi connectivity index (χ1) is 14.9. The van der Waals surface area contributed by atoms with Gasteiger partial charge in [-0.3, -0.25) is 14.7 Å². The molecule has 0 fully saturated rings. The molecule has 3 aromatic rings. The fourth-order valence-electron chi connectivity index (χ4n) is 3.85. The monoisotopic (exact) mass is 437 g/mol. The van der Waals surface area contributed by atoms with Gasteiger partial charge in [0.2, 0.25) is 0 Å². The normalized spacial score (nSPS) is 13.8. The lowest BCUT2D eigenvalue weighted by atomic mass is 9.95. The zero-order valence-electron chi connectivity index (χ0n) is 17.5. The Labute approximate surface area is 186 Å². The average molecular weight is 438 g/mol. The van der Waals surface area contributed by atoms with Crippen LogP contribution in [0.15, 0.2) is 48.5 Å². The summed E-state index contributed by atoms with van der Waals surface area (Å²) >= 11 is 5.95. The second-order valence-corrected chi connectivity index (χ2v) is 8.31. The minimum Gasteiger partial charge on any atom is -0.452 e. The molecule has 0 saturated carbocycles. The number of aromatic nitrogens is 1. The molecule has 7 heteroatoms. The van der Waals surface area contributed by atoms with E-state index in [2.05, 4.69) is 24.1 Å². The molecule has 4 rings (SSSR count). The van der Waals surface area contributed by atoms with E-state index in [-0.39, 0.29) is 6.61 Å². The van der Waals surface area contributed by atoms with Crippen molar-refractivity contribution in [2.45, 2.75) is 32.9 Å². The van der Waals surface area contributed by atoms with E-state index >= 15 is 0 Å². The lowest BCUT2D eigenvalue weighted by Crippen LogP contribution is -2.37. The van der Waals surface area contributed by atoms with Gasteiger partial charge in [-0.15, -0.1) is 0 Å². The van der Waals surface area contributed by atoms with Gasteiger partial charge in [0.25, 0.3) is 5.91 Å². The molecule has 0 aliphatic carbocycles. The molecule has 2 aromatic carbocycles. The lowest BCUT2D eigenvalue weighted by Gasteiger charge is -2.32. The summed E-state index contributed by atoms with van der Waals surface area (Å²) in [4.78, 5) is 32.5. The third-order valence-electron chi connectivity index (χ3n) is 5.45.